The van der Waals surface area contributed by atoms with Crippen molar-refractivity contribution in [1.82, 2.24) is 15.0 Å². The van der Waals surface area contributed by atoms with Gasteiger partial charge < -0.3 is 14.0 Å². The van der Waals surface area contributed by atoms with Crippen LogP contribution in [0.15, 0.2) is 28.8 Å². The molecule has 0 aliphatic carbocycles. The standard InChI is InChI=1S/C18H23N3O3/c1-2-7-21(8-3-1)12-14-5-4-6-15(11-14)17-19-18(24-20-17)16-13-22-9-10-23-16/h4-6,11,16H,1-3,7-10,12-13H2/t16-/m0/s1. The summed E-state index contributed by atoms with van der Waals surface area (Å²) in [7, 11) is 0. The molecule has 6 heteroatoms. The first-order chi connectivity index (χ1) is 11.9. The Balaban J connectivity index is 1.47. The van der Waals surface area contributed by atoms with E-state index >= 15 is 0 Å². The highest BCUT2D eigenvalue weighted by Crippen LogP contribution is 2.24. The molecule has 0 amide bonds. The third kappa shape index (κ3) is 3.66. The Hall–Kier alpha value is -1.76. The Labute approximate surface area is 141 Å². The number of rotatable bonds is 4. The van der Waals surface area contributed by atoms with Crippen LogP contribution < -0.4 is 0 Å². The van der Waals surface area contributed by atoms with E-state index < -0.39 is 0 Å². The summed E-state index contributed by atoms with van der Waals surface area (Å²) in [6.07, 6.45) is 3.71. The summed E-state index contributed by atoms with van der Waals surface area (Å²) in [4.78, 5) is 7.01. The van der Waals surface area contributed by atoms with E-state index in [9.17, 15) is 0 Å². The molecular formula is C18H23N3O3. The minimum absolute atomic E-state index is 0.253. The molecule has 2 aromatic rings. The Kier molecular flexibility index (Phi) is 4.87. The zero-order valence-electron chi connectivity index (χ0n) is 13.8. The van der Waals surface area contributed by atoms with E-state index in [0.717, 1.165) is 12.1 Å². The summed E-state index contributed by atoms with van der Waals surface area (Å²) in [6.45, 7) is 5.02. The second-order valence-corrected chi connectivity index (χ2v) is 6.43. The fraction of sp³-hybridized carbons (Fsp3) is 0.556. The molecule has 0 radical (unpaired) electrons. The van der Waals surface area contributed by atoms with Crippen molar-refractivity contribution in [2.45, 2.75) is 31.9 Å². The molecule has 0 bridgehead atoms. The minimum Gasteiger partial charge on any atom is -0.376 e. The van der Waals surface area contributed by atoms with Gasteiger partial charge in [-0.05, 0) is 37.6 Å². The number of hydrogen-bond donors (Lipinski definition) is 0. The first-order valence-electron chi connectivity index (χ1n) is 8.73. The maximum atomic E-state index is 5.61. The Bertz CT molecular complexity index is 661. The number of likely N-dealkylation sites (tertiary alicyclic amines) is 1. The van der Waals surface area contributed by atoms with Crippen molar-refractivity contribution in [3.63, 3.8) is 0 Å². The summed E-state index contributed by atoms with van der Waals surface area (Å²) < 4.78 is 16.4. The van der Waals surface area contributed by atoms with Gasteiger partial charge in [-0.25, -0.2) is 0 Å². The van der Waals surface area contributed by atoms with Crippen molar-refractivity contribution in [1.29, 1.82) is 0 Å². The Morgan fingerprint density at radius 3 is 2.88 bits per heavy atom. The molecule has 1 aromatic heterocycles. The van der Waals surface area contributed by atoms with Crippen LogP contribution in [-0.2, 0) is 16.0 Å². The fourth-order valence-corrected chi connectivity index (χ4v) is 3.30. The van der Waals surface area contributed by atoms with Gasteiger partial charge in [-0.15, -0.1) is 0 Å². The van der Waals surface area contributed by atoms with E-state index in [2.05, 4.69) is 33.2 Å². The van der Waals surface area contributed by atoms with Crippen molar-refractivity contribution in [2.24, 2.45) is 0 Å². The summed E-state index contributed by atoms with van der Waals surface area (Å²) in [6, 6.07) is 8.40. The monoisotopic (exact) mass is 329 g/mol. The third-order valence-electron chi connectivity index (χ3n) is 4.57. The van der Waals surface area contributed by atoms with Crippen LogP contribution in [0, 0.1) is 0 Å². The lowest BCUT2D eigenvalue weighted by Crippen LogP contribution is -2.29. The van der Waals surface area contributed by atoms with Gasteiger partial charge in [-0.2, -0.15) is 4.98 Å². The maximum Gasteiger partial charge on any atom is 0.258 e. The number of hydrogen-bond acceptors (Lipinski definition) is 6. The lowest BCUT2D eigenvalue weighted by molar-refractivity contribution is -0.101. The van der Waals surface area contributed by atoms with E-state index in [1.807, 2.05) is 6.07 Å². The largest absolute Gasteiger partial charge is 0.376 e. The van der Waals surface area contributed by atoms with Gasteiger partial charge in [0.15, 0.2) is 6.10 Å². The number of nitrogens with zero attached hydrogens (tertiary/aromatic N) is 3. The zero-order chi connectivity index (χ0) is 16.2. The minimum atomic E-state index is -0.253. The number of piperidine rings is 1. The molecular weight excluding hydrogens is 306 g/mol. The second-order valence-electron chi connectivity index (χ2n) is 6.43. The van der Waals surface area contributed by atoms with E-state index in [1.54, 1.807) is 0 Å². The summed E-state index contributed by atoms with van der Waals surface area (Å²) in [5.41, 5.74) is 2.27. The Morgan fingerprint density at radius 2 is 2.04 bits per heavy atom. The van der Waals surface area contributed by atoms with Crippen molar-refractivity contribution in [2.75, 3.05) is 32.9 Å². The molecule has 2 aliphatic rings. The van der Waals surface area contributed by atoms with Gasteiger partial charge in [0.25, 0.3) is 5.89 Å². The molecule has 0 saturated carbocycles. The number of benzene rings is 1. The van der Waals surface area contributed by atoms with Crippen molar-refractivity contribution >= 4 is 0 Å². The topological polar surface area (TPSA) is 60.6 Å². The summed E-state index contributed by atoms with van der Waals surface area (Å²) >= 11 is 0. The summed E-state index contributed by atoms with van der Waals surface area (Å²) in [5.74, 6) is 1.10. The first-order valence-corrected chi connectivity index (χ1v) is 8.73. The highest BCUT2D eigenvalue weighted by molar-refractivity contribution is 5.55. The van der Waals surface area contributed by atoms with Crippen LogP contribution in [0.25, 0.3) is 11.4 Å². The number of aromatic nitrogens is 2. The molecule has 6 nitrogen and oxygen atoms in total. The van der Waals surface area contributed by atoms with Gasteiger partial charge in [0.1, 0.15) is 0 Å². The predicted molar refractivity (Wildman–Crippen MR) is 88.4 cm³/mol. The summed E-state index contributed by atoms with van der Waals surface area (Å²) in [5, 5.41) is 4.11. The van der Waals surface area contributed by atoms with Crippen LogP contribution in [0.2, 0.25) is 0 Å². The highest BCUT2D eigenvalue weighted by atomic mass is 16.6. The number of ether oxygens (including phenoxy) is 2. The van der Waals surface area contributed by atoms with Crippen molar-refractivity contribution in [3.8, 4) is 11.4 Å². The van der Waals surface area contributed by atoms with Crippen molar-refractivity contribution < 1.29 is 14.0 Å². The maximum absolute atomic E-state index is 5.61. The molecule has 2 saturated heterocycles. The molecule has 4 rings (SSSR count). The van der Waals surface area contributed by atoms with E-state index in [1.165, 1.54) is 37.9 Å². The van der Waals surface area contributed by atoms with Gasteiger partial charge in [0.05, 0.1) is 19.8 Å². The van der Waals surface area contributed by atoms with Crippen LogP contribution in [-0.4, -0.2) is 48.0 Å². The molecule has 24 heavy (non-hydrogen) atoms. The fourth-order valence-electron chi connectivity index (χ4n) is 3.30. The predicted octanol–water partition coefficient (Wildman–Crippen LogP) is 2.81. The van der Waals surface area contributed by atoms with Crippen LogP contribution in [0.1, 0.15) is 36.8 Å². The highest BCUT2D eigenvalue weighted by Gasteiger charge is 2.23. The second kappa shape index (κ2) is 7.42. The smallest absolute Gasteiger partial charge is 0.258 e. The average molecular weight is 329 g/mol. The van der Waals surface area contributed by atoms with Crippen LogP contribution in [0.3, 0.4) is 0 Å². The van der Waals surface area contributed by atoms with E-state index in [-0.39, 0.29) is 6.10 Å². The van der Waals surface area contributed by atoms with Crippen LogP contribution in [0.4, 0.5) is 0 Å². The van der Waals surface area contributed by atoms with Gasteiger partial charge in [-0.3, -0.25) is 4.90 Å². The normalized spacial score (nSPS) is 22.6. The van der Waals surface area contributed by atoms with Crippen LogP contribution in [0.5, 0.6) is 0 Å². The molecule has 2 fully saturated rings. The van der Waals surface area contributed by atoms with E-state index in [0.29, 0.717) is 31.5 Å². The molecule has 3 heterocycles. The molecule has 0 spiro atoms. The van der Waals surface area contributed by atoms with Crippen LogP contribution >= 0.6 is 0 Å². The lowest BCUT2D eigenvalue weighted by atomic mass is 10.1. The zero-order valence-corrected chi connectivity index (χ0v) is 13.8. The Morgan fingerprint density at radius 1 is 1.12 bits per heavy atom. The average Bonchev–Trinajstić information content (AvgIpc) is 3.14. The lowest BCUT2D eigenvalue weighted by Gasteiger charge is -2.26. The first kappa shape index (κ1) is 15.7. The van der Waals surface area contributed by atoms with Gasteiger partial charge in [-0.1, -0.05) is 29.8 Å². The van der Waals surface area contributed by atoms with Gasteiger partial charge in [0.2, 0.25) is 5.82 Å². The molecule has 1 atom stereocenters. The van der Waals surface area contributed by atoms with Crippen molar-refractivity contribution in [3.05, 3.63) is 35.7 Å². The molecule has 0 N–H and O–H groups in total. The molecule has 128 valence electrons. The molecule has 0 unspecified atom stereocenters. The molecule has 1 aromatic carbocycles. The SMILES string of the molecule is c1cc(CN2CCCCC2)cc(-c2noc([C@@H]3COCCO3)n2)c1. The molecule has 2 aliphatic heterocycles. The van der Waals surface area contributed by atoms with Gasteiger partial charge >= 0.3 is 0 Å². The van der Waals surface area contributed by atoms with Gasteiger partial charge in [0, 0.05) is 12.1 Å². The quantitative estimate of drug-likeness (QED) is 0.859. The third-order valence-corrected chi connectivity index (χ3v) is 4.57. The van der Waals surface area contributed by atoms with E-state index in [4.69, 9.17) is 14.0 Å².